The molecular formula is C18H25N3OY-2. The number of ether oxygens (including phenoxy) is 1. The van der Waals surface area contributed by atoms with Crippen LogP contribution in [0.3, 0.4) is 0 Å². The number of hydrogen-bond acceptors (Lipinski definition) is 2. The minimum absolute atomic E-state index is 0. The van der Waals surface area contributed by atoms with Crippen molar-refractivity contribution in [2.45, 2.75) is 26.2 Å². The van der Waals surface area contributed by atoms with Gasteiger partial charge in [-0.1, -0.05) is 57.2 Å². The number of rotatable bonds is 4. The van der Waals surface area contributed by atoms with Gasteiger partial charge in [0.05, 0.1) is 6.61 Å². The predicted molar refractivity (Wildman–Crippen MR) is 93.8 cm³/mol. The molecule has 0 saturated carbocycles. The minimum atomic E-state index is 0. The van der Waals surface area contributed by atoms with Gasteiger partial charge in [0.15, 0.2) is 0 Å². The average molecular weight is 388 g/mol. The number of benzene rings is 2. The molecule has 0 fully saturated rings. The van der Waals surface area contributed by atoms with Gasteiger partial charge in [-0.3, -0.25) is 0 Å². The molecule has 0 atom stereocenters. The van der Waals surface area contributed by atoms with E-state index >= 15 is 0 Å². The van der Waals surface area contributed by atoms with Gasteiger partial charge in [-0.15, -0.1) is 6.54 Å². The molecule has 23 heavy (non-hydrogen) atoms. The van der Waals surface area contributed by atoms with Crippen LogP contribution in [0.1, 0.15) is 26.3 Å². The van der Waals surface area contributed by atoms with Crippen LogP contribution >= 0.6 is 0 Å². The van der Waals surface area contributed by atoms with Crippen LogP contribution < -0.4 is 10.6 Å². The molecule has 2 aromatic carbocycles. The molecule has 0 aliphatic carbocycles. The summed E-state index contributed by atoms with van der Waals surface area (Å²) in [4.78, 5) is 0. The molecule has 0 saturated heterocycles. The van der Waals surface area contributed by atoms with Crippen molar-refractivity contribution in [2.24, 2.45) is 5.84 Å². The third kappa shape index (κ3) is 7.11. The number of nitrogens with two attached hydrogens (primary N) is 1. The van der Waals surface area contributed by atoms with E-state index in [1.807, 2.05) is 18.2 Å². The van der Waals surface area contributed by atoms with E-state index in [0.717, 1.165) is 11.3 Å². The van der Waals surface area contributed by atoms with E-state index in [1.165, 1.54) is 11.1 Å². The summed E-state index contributed by atoms with van der Waals surface area (Å²) in [6.07, 6.45) is 0. The Bertz CT molecular complexity index is 565. The molecule has 0 aliphatic rings. The first-order valence-electron chi connectivity index (χ1n) is 7.28. The van der Waals surface area contributed by atoms with Gasteiger partial charge in [0, 0.05) is 32.7 Å². The van der Waals surface area contributed by atoms with E-state index in [-0.39, 0.29) is 44.7 Å². The summed E-state index contributed by atoms with van der Waals surface area (Å²) in [6, 6.07) is 16.7. The Hall–Kier alpha value is -0.776. The quantitative estimate of drug-likeness (QED) is 0.591. The van der Waals surface area contributed by atoms with Crippen LogP contribution in [0.2, 0.25) is 0 Å². The summed E-state index contributed by atoms with van der Waals surface area (Å²) < 4.78 is 5.51. The maximum atomic E-state index is 7.13. The van der Waals surface area contributed by atoms with E-state index in [0.29, 0.717) is 6.61 Å². The summed E-state index contributed by atoms with van der Waals surface area (Å²) in [7, 11) is 0. The first-order valence-corrected chi connectivity index (χ1v) is 7.28. The molecule has 2 rings (SSSR count). The van der Waals surface area contributed by atoms with Gasteiger partial charge in [0.25, 0.3) is 0 Å². The van der Waals surface area contributed by atoms with Crippen molar-refractivity contribution in [1.29, 1.82) is 0 Å². The number of hydrogen-bond donors (Lipinski definition) is 1. The molecule has 5 heteroatoms. The fourth-order valence-electron chi connectivity index (χ4n) is 2.10. The van der Waals surface area contributed by atoms with Gasteiger partial charge in [-0.05, 0) is 34.2 Å². The summed E-state index contributed by atoms with van der Waals surface area (Å²) >= 11 is 0. The van der Waals surface area contributed by atoms with E-state index in [4.69, 9.17) is 16.3 Å². The molecule has 1 radical (unpaired) electrons. The van der Waals surface area contributed by atoms with Crippen molar-refractivity contribution in [1.82, 2.24) is 0 Å². The summed E-state index contributed by atoms with van der Waals surface area (Å²) in [5.74, 6) is 9.83. The van der Waals surface area contributed by atoms with Crippen LogP contribution in [0, 0.1) is 0 Å². The van der Waals surface area contributed by atoms with Crippen molar-refractivity contribution >= 4 is 0 Å². The third-order valence-corrected chi connectivity index (χ3v) is 3.29. The van der Waals surface area contributed by atoms with Crippen LogP contribution in [0.4, 0.5) is 0 Å². The second kappa shape index (κ2) is 10.9. The van der Waals surface area contributed by atoms with E-state index in [2.05, 4.69) is 56.9 Å². The smallest absolute Gasteiger partial charge is 0.119 e. The van der Waals surface area contributed by atoms with Crippen molar-refractivity contribution in [2.75, 3.05) is 13.2 Å². The van der Waals surface area contributed by atoms with Crippen LogP contribution in [-0.4, -0.2) is 13.2 Å². The maximum absolute atomic E-state index is 7.13. The Balaban J connectivity index is 0.00000155. The molecular weight excluding hydrogens is 363 g/mol. The van der Waals surface area contributed by atoms with E-state index in [9.17, 15) is 0 Å². The van der Waals surface area contributed by atoms with Crippen LogP contribution in [0.5, 0.6) is 5.75 Å². The zero-order valence-corrected chi connectivity index (χ0v) is 16.9. The largest absolute Gasteiger partial charge is 0.675 e. The standard InChI is InChI=1S/C18H22NO.H3N2.Y/c1-18(2,3)16-9-7-14(8-10-16)15-5-4-6-17(13-15)20-12-11-19;1-2;/h4-10,13,19H,11-12H2,1-3H3;1H,2H2;/q2*-1;. The van der Waals surface area contributed by atoms with E-state index in [1.54, 1.807) is 0 Å². The van der Waals surface area contributed by atoms with Crippen LogP contribution in [0.25, 0.3) is 22.7 Å². The molecule has 0 aliphatic heterocycles. The van der Waals surface area contributed by atoms with E-state index < -0.39 is 0 Å². The van der Waals surface area contributed by atoms with Gasteiger partial charge < -0.3 is 22.2 Å². The summed E-state index contributed by atoms with van der Waals surface area (Å²) in [5, 5.41) is 0. The fourth-order valence-corrected chi connectivity index (χ4v) is 2.10. The molecule has 123 valence electrons. The second-order valence-corrected chi connectivity index (χ2v) is 5.95. The molecule has 4 N–H and O–H groups in total. The van der Waals surface area contributed by atoms with Gasteiger partial charge in [0.1, 0.15) is 5.75 Å². The second-order valence-electron chi connectivity index (χ2n) is 5.95. The molecule has 2 aromatic rings. The maximum Gasteiger partial charge on any atom is 0.119 e. The van der Waals surface area contributed by atoms with Gasteiger partial charge in [-0.25, -0.2) is 0 Å². The molecule has 0 spiro atoms. The Labute approximate surface area is 164 Å². The van der Waals surface area contributed by atoms with Crippen LogP contribution in [-0.2, 0) is 38.1 Å². The Kier molecular flexibility index (Phi) is 10.5. The summed E-state index contributed by atoms with van der Waals surface area (Å²) in [6.45, 7) is 7.38. The predicted octanol–water partition coefficient (Wildman–Crippen LogP) is 4.99. The van der Waals surface area contributed by atoms with Crippen molar-refractivity contribution in [3.8, 4) is 16.9 Å². The molecule has 4 nitrogen and oxygen atoms in total. The average Bonchev–Trinajstić information content (AvgIpc) is 2.54. The SMILES string of the molecule is CC(C)(C)c1ccc(-c2cccc(OCC[NH-])c2)cc1.[NH-]N.[Y]. The van der Waals surface area contributed by atoms with Crippen molar-refractivity contribution < 1.29 is 37.4 Å². The normalized spacial score (nSPS) is 10.2. The summed E-state index contributed by atoms with van der Waals surface area (Å²) in [5.41, 5.74) is 11.0. The fraction of sp³-hybridized carbons (Fsp3) is 0.333. The Morgan fingerprint density at radius 2 is 1.57 bits per heavy atom. The monoisotopic (exact) mass is 388 g/mol. The third-order valence-electron chi connectivity index (χ3n) is 3.29. The first kappa shape index (κ1) is 22.2. The van der Waals surface area contributed by atoms with Gasteiger partial charge in [-0.2, -0.15) is 0 Å². The molecule has 0 unspecified atom stereocenters. The first-order chi connectivity index (χ1) is 10.5. The van der Waals surface area contributed by atoms with Crippen LogP contribution in [0.15, 0.2) is 48.5 Å². The Morgan fingerprint density at radius 3 is 2.09 bits per heavy atom. The molecule has 0 aromatic heterocycles. The zero-order chi connectivity index (χ0) is 16.6. The minimum Gasteiger partial charge on any atom is -0.675 e. The van der Waals surface area contributed by atoms with Gasteiger partial charge in [0.2, 0.25) is 0 Å². The van der Waals surface area contributed by atoms with Crippen molar-refractivity contribution in [3.63, 3.8) is 0 Å². The van der Waals surface area contributed by atoms with Gasteiger partial charge >= 0.3 is 0 Å². The number of nitrogens with one attached hydrogen (secondary N) is 2. The molecule has 0 bridgehead atoms. The topological polar surface area (TPSA) is 82.8 Å². The van der Waals surface area contributed by atoms with Crippen molar-refractivity contribution in [3.05, 3.63) is 65.7 Å². The molecule has 0 heterocycles. The molecule has 0 amide bonds. The zero-order valence-electron chi connectivity index (χ0n) is 14.1. The Morgan fingerprint density at radius 1 is 0.957 bits per heavy atom.